The van der Waals surface area contributed by atoms with Crippen LogP contribution in [0.1, 0.15) is 30.9 Å². The zero-order chi connectivity index (χ0) is 11.9. The van der Waals surface area contributed by atoms with Crippen molar-refractivity contribution in [2.75, 3.05) is 11.5 Å². The average Bonchev–Trinajstić information content (AvgIpc) is 2.31. The van der Waals surface area contributed by atoms with Crippen LogP contribution in [-0.4, -0.2) is 17.1 Å². The van der Waals surface area contributed by atoms with Crippen molar-refractivity contribution in [1.82, 2.24) is 0 Å². The summed E-state index contributed by atoms with van der Waals surface area (Å²) in [4.78, 5) is 0. The highest BCUT2D eigenvalue weighted by Gasteiger charge is 2.41. The van der Waals surface area contributed by atoms with E-state index in [1.807, 2.05) is 23.9 Å². The fourth-order valence-electron chi connectivity index (χ4n) is 2.76. The number of hydrogen-bond donors (Lipinski definition) is 1. The maximum Gasteiger partial charge on any atom is 0.125 e. The zero-order valence-electron chi connectivity index (χ0n) is 9.62. The van der Waals surface area contributed by atoms with Gasteiger partial charge in [0.25, 0.3) is 0 Å². The van der Waals surface area contributed by atoms with E-state index in [9.17, 15) is 0 Å². The highest BCUT2D eigenvalue weighted by Crippen LogP contribution is 2.44. The van der Waals surface area contributed by atoms with E-state index in [4.69, 9.17) is 10.5 Å². The molecular formula is C13H16BrNOS. The number of halogens is 1. The molecule has 2 N–H and O–H groups in total. The SMILES string of the molecule is N[C@@H]1CC2(CCCSC2)Oc2ccc(Br)cc21. The van der Waals surface area contributed by atoms with Crippen LogP contribution in [0.2, 0.25) is 0 Å². The number of nitrogens with two attached hydrogens (primary N) is 1. The first-order valence-electron chi connectivity index (χ1n) is 6.00. The van der Waals surface area contributed by atoms with Gasteiger partial charge < -0.3 is 10.5 Å². The number of fused-ring (bicyclic) bond motifs is 1. The average molecular weight is 314 g/mol. The molecule has 0 amide bonds. The highest BCUT2D eigenvalue weighted by atomic mass is 79.9. The lowest BCUT2D eigenvalue weighted by Gasteiger charge is -2.43. The molecular weight excluding hydrogens is 298 g/mol. The van der Waals surface area contributed by atoms with E-state index in [1.165, 1.54) is 12.2 Å². The molecule has 1 aromatic carbocycles. The van der Waals surface area contributed by atoms with E-state index >= 15 is 0 Å². The number of hydrogen-bond acceptors (Lipinski definition) is 3. The second-order valence-corrected chi connectivity index (χ2v) is 6.95. The van der Waals surface area contributed by atoms with Crippen LogP contribution >= 0.6 is 27.7 Å². The van der Waals surface area contributed by atoms with Crippen molar-refractivity contribution in [3.8, 4) is 5.75 Å². The Kier molecular flexibility index (Phi) is 3.13. The molecule has 92 valence electrons. The maximum absolute atomic E-state index is 6.31. The number of benzene rings is 1. The third-order valence-corrected chi connectivity index (χ3v) is 5.38. The summed E-state index contributed by atoms with van der Waals surface area (Å²) in [6, 6.07) is 6.26. The fourth-order valence-corrected chi connectivity index (χ4v) is 4.32. The third kappa shape index (κ3) is 2.23. The van der Waals surface area contributed by atoms with E-state index < -0.39 is 0 Å². The summed E-state index contributed by atoms with van der Waals surface area (Å²) in [7, 11) is 0. The molecule has 17 heavy (non-hydrogen) atoms. The molecule has 0 bridgehead atoms. The predicted molar refractivity (Wildman–Crippen MR) is 75.6 cm³/mol. The molecule has 4 heteroatoms. The van der Waals surface area contributed by atoms with Crippen molar-refractivity contribution in [3.63, 3.8) is 0 Å². The Balaban J connectivity index is 1.94. The summed E-state index contributed by atoms with van der Waals surface area (Å²) in [5.74, 6) is 3.32. The molecule has 2 aliphatic heterocycles. The van der Waals surface area contributed by atoms with Gasteiger partial charge in [0, 0.05) is 28.3 Å². The Labute approximate surface area is 114 Å². The van der Waals surface area contributed by atoms with Gasteiger partial charge in [-0.15, -0.1) is 0 Å². The van der Waals surface area contributed by atoms with Crippen LogP contribution in [0, 0.1) is 0 Å². The van der Waals surface area contributed by atoms with E-state index in [0.717, 1.165) is 34.4 Å². The van der Waals surface area contributed by atoms with Crippen molar-refractivity contribution in [1.29, 1.82) is 0 Å². The molecule has 1 unspecified atom stereocenters. The topological polar surface area (TPSA) is 35.2 Å². The fraction of sp³-hybridized carbons (Fsp3) is 0.538. The quantitative estimate of drug-likeness (QED) is 0.796. The largest absolute Gasteiger partial charge is 0.486 e. The lowest BCUT2D eigenvalue weighted by atomic mass is 9.85. The maximum atomic E-state index is 6.31. The van der Waals surface area contributed by atoms with Crippen molar-refractivity contribution >= 4 is 27.7 Å². The second kappa shape index (κ2) is 4.48. The summed E-state index contributed by atoms with van der Waals surface area (Å²) < 4.78 is 7.34. The Morgan fingerprint density at radius 2 is 2.35 bits per heavy atom. The van der Waals surface area contributed by atoms with Crippen LogP contribution in [0.3, 0.4) is 0 Å². The van der Waals surface area contributed by atoms with Gasteiger partial charge in [0.05, 0.1) is 0 Å². The minimum absolute atomic E-state index is 0.0108. The van der Waals surface area contributed by atoms with Crippen LogP contribution in [0.25, 0.3) is 0 Å². The second-order valence-electron chi connectivity index (χ2n) is 4.93. The van der Waals surface area contributed by atoms with Gasteiger partial charge in [-0.1, -0.05) is 15.9 Å². The van der Waals surface area contributed by atoms with E-state index in [2.05, 4.69) is 22.0 Å². The number of rotatable bonds is 0. The summed E-state index contributed by atoms with van der Waals surface area (Å²) in [5, 5.41) is 0. The molecule has 0 aliphatic carbocycles. The Hall–Kier alpha value is -0.190. The molecule has 1 aromatic rings. The van der Waals surface area contributed by atoms with Gasteiger partial charge >= 0.3 is 0 Å². The molecule has 1 spiro atoms. The van der Waals surface area contributed by atoms with Crippen LogP contribution in [0.4, 0.5) is 0 Å². The lowest BCUT2D eigenvalue weighted by Crippen LogP contribution is -2.46. The Morgan fingerprint density at radius 1 is 1.47 bits per heavy atom. The Bertz CT molecular complexity index is 431. The molecule has 2 aliphatic rings. The summed E-state index contributed by atoms with van der Waals surface area (Å²) >= 11 is 5.48. The van der Waals surface area contributed by atoms with Gasteiger partial charge in [-0.3, -0.25) is 0 Å². The smallest absolute Gasteiger partial charge is 0.125 e. The Morgan fingerprint density at radius 3 is 3.12 bits per heavy atom. The first-order valence-corrected chi connectivity index (χ1v) is 7.95. The number of ether oxygens (including phenoxy) is 1. The van der Waals surface area contributed by atoms with Crippen molar-refractivity contribution in [2.45, 2.75) is 30.9 Å². The van der Waals surface area contributed by atoms with Crippen LogP contribution < -0.4 is 10.5 Å². The molecule has 0 saturated carbocycles. The molecule has 0 aromatic heterocycles. The predicted octanol–water partition coefficient (Wildman–Crippen LogP) is 3.50. The van der Waals surface area contributed by atoms with Gasteiger partial charge in [0.1, 0.15) is 11.4 Å². The van der Waals surface area contributed by atoms with Gasteiger partial charge in [-0.05, 0) is 36.8 Å². The van der Waals surface area contributed by atoms with Crippen LogP contribution in [-0.2, 0) is 0 Å². The van der Waals surface area contributed by atoms with Crippen molar-refractivity contribution in [3.05, 3.63) is 28.2 Å². The zero-order valence-corrected chi connectivity index (χ0v) is 12.0. The van der Waals surface area contributed by atoms with Gasteiger partial charge in [0.15, 0.2) is 0 Å². The van der Waals surface area contributed by atoms with Crippen molar-refractivity contribution in [2.24, 2.45) is 5.73 Å². The molecule has 2 nitrogen and oxygen atoms in total. The van der Waals surface area contributed by atoms with Gasteiger partial charge in [0.2, 0.25) is 0 Å². The third-order valence-electron chi connectivity index (χ3n) is 3.58. The highest BCUT2D eigenvalue weighted by molar-refractivity contribution is 9.10. The summed E-state index contributed by atoms with van der Waals surface area (Å²) in [6.07, 6.45) is 3.33. The van der Waals surface area contributed by atoms with E-state index in [-0.39, 0.29) is 11.6 Å². The van der Waals surface area contributed by atoms with Crippen LogP contribution in [0.15, 0.2) is 22.7 Å². The number of thioether (sulfide) groups is 1. The van der Waals surface area contributed by atoms with Gasteiger partial charge in [-0.25, -0.2) is 0 Å². The first-order chi connectivity index (χ1) is 8.19. The molecule has 3 rings (SSSR count). The minimum Gasteiger partial charge on any atom is -0.486 e. The van der Waals surface area contributed by atoms with Gasteiger partial charge in [-0.2, -0.15) is 11.8 Å². The van der Waals surface area contributed by atoms with Crippen molar-refractivity contribution < 1.29 is 4.74 Å². The first kappa shape index (κ1) is 11.9. The molecule has 0 radical (unpaired) electrons. The monoisotopic (exact) mass is 313 g/mol. The molecule has 2 heterocycles. The van der Waals surface area contributed by atoms with E-state index in [0.29, 0.717) is 0 Å². The summed E-state index contributed by atoms with van der Waals surface area (Å²) in [6.45, 7) is 0. The lowest BCUT2D eigenvalue weighted by molar-refractivity contribution is 0.0471. The molecule has 2 atom stereocenters. The molecule has 1 fully saturated rings. The summed E-state index contributed by atoms with van der Waals surface area (Å²) in [5.41, 5.74) is 7.44. The standard InChI is InChI=1S/C13H16BrNOS/c14-9-2-3-12-10(6-9)11(15)7-13(16-12)4-1-5-17-8-13/h2-3,6,11H,1,4-5,7-8,15H2/t11-,13?/m1/s1. The minimum atomic E-state index is -0.0108. The molecule has 1 saturated heterocycles. The van der Waals surface area contributed by atoms with Crippen LogP contribution in [0.5, 0.6) is 5.75 Å². The normalized spacial score (nSPS) is 32.0. The van der Waals surface area contributed by atoms with E-state index in [1.54, 1.807) is 0 Å².